The lowest BCUT2D eigenvalue weighted by Crippen LogP contribution is -2.03. The van der Waals surface area contributed by atoms with Crippen molar-refractivity contribution in [2.45, 2.75) is 13.8 Å². The molecule has 0 saturated carbocycles. The zero-order valence-corrected chi connectivity index (χ0v) is 23.4. The molecule has 0 bridgehead atoms. The normalized spacial score (nSPS) is 11.6. The molecule has 0 aliphatic heterocycles. The molecule has 42 heavy (non-hydrogen) atoms. The predicted octanol–water partition coefficient (Wildman–Crippen LogP) is 9.94. The summed E-state index contributed by atoms with van der Waals surface area (Å²) in [6.45, 7) is 4.12. The molecule has 0 spiro atoms. The Morgan fingerprint density at radius 2 is 1.24 bits per heavy atom. The standard InChI is InChI=1S/C38H27N3O/c1-24-20-22-31(36-34(24)30-23-21-25(2)39-38(30)42-36)37-40-32-18-9-10-19-33(32)41(37)35-28(26-12-5-3-6-13-26)16-11-17-29(35)27-14-7-4-8-15-27/h3-23H,1-2H3. The van der Waals surface area contributed by atoms with Gasteiger partial charge in [-0.2, -0.15) is 0 Å². The van der Waals surface area contributed by atoms with Gasteiger partial charge in [-0.3, -0.25) is 4.57 Å². The van der Waals surface area contributed by atoms with Gasteiger partial charge < -0.3 is 4.42 Å². The van der Waals surface area contributed by atoms with Gasteiger partial charge in [0.1, 0.15) is 11.4 Å². The van der Waals surface area contributed by atoms with E-state index in [-0.39, 0.29) is 0 Å². The number of aromatic nitrogens is 3. The van der Waals surface area contributed by atoms with Gasteiger partial charge in [0.15, 0.2) is 0 Å². The van der Waals surface area contributed by atoms with Crippen molar-refractivity contribution in [3.8, 4) is 39.3 Å². The highest BCUT2D eigenvalue weighted by Crippen LogP contribution is 2.43. The molecule has 0 saturated heterocycles. The van der Waals surface area contributed by atoms with Gasteiger partial charge in [0, 0.05) is 27.6 Å². The molecule has 0 aliphatic carbocycles. The zero-order valence-electron chi connectivity index (χ0n) is 23.4. The minimum absolute atomic E-state index is 0.651. The van der Waals surface area contributed by atoms with Crippen LogP contribution in [0.25, 0.3) is 72.4 Å². The van der Waals surface area contributed by atoms with Crippen LogP contribution in [0.2, 0.25) is 0 Å². The van der Waals surface area contributed by atoms with E-state index >= 15 is 0 Å². The summed E-state index contributed by atoms with van der Waals surface area (Å²) in [5, 5.41) is 2.10. The molecular weight excluding hydrogens is 514 g/mol. The van der Waals surface area contributed by atoms with Crippen LogP contribution >= 0.6 is 0 Å². The summed E-state index contributed by atoms with van der Waals surface area (Å²) in [5.74, 6) is 0.831. The monoisotopic (exact) mass is 541 g/mol. The summed E-state index contributed by atoms with van der Waals surface area (Å²) in [7, 11) is 0. The van der Waals surface area contributed by atoms with E-state index in [2.05, 4.69) is 127 Å². The largest absolute Gasteiger partial charge is 0.437 e. The second kappa shape index (κ2) is 9.57. The summed E-state index contributed by atoms with van der Waals surface area (Å²) in [5.41, 5.74) is 12.1. The number of aryl methyl sites for hydroxylation is 2. The van der Waals surface area contributed by atoms with E-state index in [9.17, 15) is 0 Å². The van der Waals surface area contributed by atoms with Crippen LogP contribution in [0.15, 0.2) is 132 Å². The third kappa shape index (κ3) is 3.76. The fourth-order valence-electron chi connectivity index (χ4n) is 6.11. The Bertz CT molecular complexity index is 2200. The van der Waals surface area contributed by atoms with Gasteiger partial charge in [-0.05, 0) is 60.9 Å². The fourth-order valence-corrected chi connectivity index (χ4v) is 6.11. The number of fused-ring (bicyclic) bond motifs is 4. The molecule has 4 nitrogen and oxygen atoms in total. The fraction of sp³-hybridized carbons (Fsp3) is 0.0526. The number of para-hydroxylation sites is 3. The molecule has 0 aliphatic rings. The maximum atomic E-state index is 6.55. The molecule has 0 atom stereocenters. The second-order valence-electron chi connectivity index (χ2n) is 10.7. The quantitative estimate of drug-likeness (QED) is 0.223. The Hall–Kier alpha value is -5.48. The molecule has 0 fully saturated rings. The molecule has 0 N–H and O–H groups in total. The Labute approximate surface area is 243 Å². The molecule has 8 aromatic rings. The maximum Gasteiger partial charge on any atom is 0.227 e. The summed E-state index contributed by atoms with van der Waals surface area (Å²) in [4.78, 5) is 10.0. The molecule has 3 aromatic heterocycles. The van der Waals surface area contributed by atoms with Gasteiger partial charge in [0.25, 0.3) is 0 Å². The lowest BCUT2D eigenvalue weighted by molar-refractivity contribution is 0.653. The Morgan fingerprint density at radius 3 is 1.95 bits per heavy atom. The number of pyridine rings is 1. The van der Waals surface area contributed by atoms with Gasteiger partial charge in [0.05, 0.1) is 22.3 Å². The van der Waals surface area contributed by atoms with E-state index in [4.69, 9.17) is 14.4 Å². The number of hydrogen-bond acceptors (Lipinski definition) is 3. The van der Waals surface area contributed by atoms with Crippen LogP contribution in [-0.2, 0) is 0 Å². The Kier molecular flexibility index (Phi) is 5.54. The minimum atomic E-state index is 0.651. The van der Waals surface area contributed by atoms with Crippen molar-refractivity contribution in [3.05, 3.63) is 139 Å². The van der Waals surface area contributed by atoms with Crippen LogP contribution in [-0.4, -0.2) is 14.5 Å². The van der Waals surface area contributed by atoms with Crippen LogP contribution < -0.4 is 0 Å². The molecule has 5 aromatic carbocycles. The second-order valence-corrected chi connectivity index (χ2v) is 10.7. The van der Waals surface area contributed by atoms with Crippen LogP contribution in [0.1, 0.15) is 11.3 Å². The van der Waals surface area contributed by atoms with Crippen molar-refractivity contribution in [1.82, 2.24) is 14.5 Å². The van der Waals surface area contributed by atoms with Crippen molar-refractivity contribution < 1.29 is 4.42 Å². The van der Waals surface area contributed by atoms with E-state index in [1.54, 1.807) is 0 Å². The van der Waals surface area contributed by atoms with Gasteiger partial charge in [0.2, 0.25) is 5.71 Å². The van der Waals surface area contributed by atoms with E-state index in [0.29, 0.717) is 5.71 Å². The highest BCUT2D eigenvalue weighted by Gasteiger charge is 2.24. The van der Waals surface area contributed by atoms with E-state index in [1.807, 2.05) is 19.1 Å². The number of benzene rings is 5. The van der Waals surface area contributed by atoms with Crippen LogP contribution in [0, 0.1) is 13.8 Å². The van der Waals surface area contributed by atoms with E-state index < -0.39 is 0 Å². The first kappa shape index (κ1) is 24.3. The number of hydrogen-bond donors (Lipinski definition) is 0. The van der Waals surface area contributed by atoms with E-state index in [0.717, 1.165) is 78.0 Å². The molecule has 0 radical (unpaired) electrons. The smallest absolute Gasteiger partial charge is 0.227 e. The van der Waals surface area contributed by atoms with Crippen molar-refractivity contribution in [1.29, 1.82) is 0 Å². The molecular formula is C38H27N3O. The molecule has 4 heteroatoms. The number of furan rings is 1. The first-order valence-corrected chi connectivity index (χ1v) is 14.2. The predicted molar refractivity (Wildman–Crippen MR) is 172 cm³/mol. The van der Waals surface area contributed by atoms with Crippen molar-refractivity contribution in [2.75, 3.05) is 0 Å². The third-order valence-corrected chi connectivity index (χ3v) is 8.06. The lowest BCUT2D eigenvalue weighted by atomic mass is 9.95. The molecule has 200 valence electrons. The highest BCUT2D eigenvalue weighted by molar-refractivity contribution is 6.10. The number of imidazole rings is 1. The molecule has 3 heterocycles. The topological polar surface area (TPSA) is 43.9 Å². The molecule has 0 unspecified atom stereocenters. The summed E-state index contributed by atoms with van der Waals surface area (Å²) >= 11 is 0. The van der Waals surface area contributed by atoms with Gasteiger partial charge in [-0.25, -0.2) is 9.97 Å². The van der Waals surface area contributed by atoms with Gasteiger partial charge in [-0.15, -0.1) is 0 Å². The first-order valence-electron chi connectivity index (χ1n) is 14.2. The lowest BCUT2D eigenvalue weighted by Gasteiger charge is -2.20. The Morgan fingerprint density at radius 1 is 0.571 bits per heavy atom. The average molecular weight is 542 g/mol. The highest BCUT2D eigenvalue weighted by atomic mass is 16.3. The van der Waals surface area contributed by atoms with Crippen molar-refractivity contribution >= 4 is 33.1 Å². The summed E-state index contributed by atoms with van der Waals surface area (Å²) < 4.78 is 8.87. The van der Waals surface area contributed by atoms with Crippen LogP contribution in [0.4, 0.5) is 0 Å². The maximum absolute atomic E-state index is 6.55. The van der Waals surface area contributed by atoms with Gasteiger partial charge in [-0.1, -0.05) is 97.1 Å². The van der Waals surface area contributed by atoms with Crippen LogP contribution in [0.3, 0.4) is 0 Å². The van der Waals surface area contributed by atoms with E-state index in [1.165, 1.54) is 0 Å². The van der Waals surface area contributed by atoms with Gasteiger partial charge >= 0.3 is 0 Å². The summed E-state index contributed by atoms with van der Waals surface area (Å²) in [6, 6.07) is 44.5. The first-order chi connectivity index (χ1) is 20.7. The number of nitrogens with zero attached hydrogens (tertiary/aromatic N) is 3. The molecule has 0 amide bonds. The third-order valence-electron chi connectivity index (χ3n) is 8.06. The SMILES string of the molecule is Cc1ccc2c(n1)oc1c(-c3nc4ccccc4n3-c3c(-c4ccccc4)cccc3-c3ccccc3)ccc(C)c12. The Balaban J connectivity index is 1.53. The number of rotatable bonds is 4. The summed E-state index contributed by atoms with van der Waals surface area (Å²) in [6.07, 6.45) is 0. The minimum Gasteiger partial charge on any atom is -0.437 e. The van der Waals surface area contributed by atoms with Crippen molar-refractivity contribution in [3.63, 3.8) is 0 Å². The zero-order chi connectivity index (χ0) is 28.2. The van der Waals surface area contributed by atoms with Crippen molar-refractivity contribution in [2.24, 2.45) is 0 Å². The average Bonchev–Trinajstić information content (AvgIpc) is 3.61. The van der Waals surface area contributed by atoms with Crippen LogP contribution in [0.5, 0.6) is 0 Å². The molecule has 8 rings (SSSR count).